The average molecular weight is 510 g/mol. The van der Waals surface area contributed by atoms with Gasteiger partial charge >= 0.3 is 184 Å². The van der Waals surface area contributed by atoms with Crippen molar-refractivity contribution in [2.24, 2.45) is 0 Å². The van der Waals surface area contributed by atoms with Crippen LogP contribution in [0.25, 0.3) is 10.8 Å². The van der Waals surface area contributed by atoms with Crippen LogP contribution >= 0.6 is 0 Å². The molecule has 29 heavy (non-hydrogen) atoms. The van der Waals surface area contributed by atoms with E-state index in [9.17, 15) is 3.83 Å². The topological polar surface area (TPSA) is 17.1 Å². The second kappa shape index (κ2) is 8.38. The first-order valence-corrected chi connectivity index (χ1v) is 13.8. The van der Waals surface area contributed by atoms with Crippen molar-refractivity contribution in [1.29, 1.82) is 0 Å². The van der Waals surface area contributed by atoms with Gasteiger partial charge in [-0.2, -0.15) is 0 Å². The van der Waals surface area contributed by atoms with Crippen LogP contribution in [-0.4, -0.2) is 28.8 Å². The Morgan fingerprint density at radius 1 is 0.724 bits per heavy atom. The monoisotopic (exact) mass is 512 g/mol. The Morgan fingerprint density at radius 2 is 1.38 bits per heavy atom. The maximum atomic E-state index is 13.4. The van der Waals surface area contributed by atoms with Gasteiger partial charge in [-0.15, -0.1) is 0 Å². The Balaban J connectivity index is 1.77. The van der Waals surface area contributed by atoms with Crippen molar-refractivity contribution in [3.63, 3.8) is 0 Å². The molecule has 0 aliphatic carbocycles. The van der Waals surface area contributed by atoms with Gasteiger partial charge in [0.15, 0.2) is 0 Å². The van der Waals surface area contributed by atoms with E-state index >= 15 is 0 Å². The standard InChI is InChI=1S/C26H24OSe2/c1-26(2,3)20-15-17-21(18-16-20)28-23-13-7-9-19-10-8-14-24(25(19)23)29(27)22-11-5-4-6-12-22/h4-18H,1-3H3. The zero-order valence-electron chi connectivity index (χ0n) is 16.9. The molecule has 0 N–H and O–H groups in total. The third kappa shape index (κ3) is 4.44. The molecule has 1 unspecified atom stereocenters. The molecule has 3 heteroatoms. The van der Waals surface area contributed by atoms with Crippen molar-refractivity contribution >= 4 is 57.4 Å². The van der Waals surface area contributed by atoms with Gasteiger partial charge in [-0.25, -0.2) is 0 Å². The fraction of sp³-hybridized carbons (Fsp3) is 0.154. The van der Waals surface area contributed by atoms with Crippen LogP contribution in [0.4, 0.5) is 0 Å². The van der Waals surface area contributed by atoms with E-state index in [1.807, 2.05) is 36.4 Å². The Bertz CT molecular complexity index is 1150. The van der Waals surface area contributed by atoms with E-state index in [1.165, 1.54) is 25.3 Å². The SMILES string of the molecule is CC(C)(C)c1ccc([Se]c2cccc3cccc([Se](=O)c4ccccc4)c23)cc1. The van der Waals surface area contributed by atoms with E-state index in [-0.39, 0.29) is 20.4 Å². The Morgan fingerprint density at radius 3 is 2.03 bits per heavy atom. The van der Waals surface area contributed by atoms with Gasteiger partial charge in [0.2, 0.25) is 0 Å². The van der Waals surface area contributed by atoms with E-state index in [2.05, 4.69) is 75.4 Å². The summed E-state index contributed by atoms with van der Waals surface area (Å²) in [6, 6.07) is 31.5. The summed E-state index contributed by atoms with van der Waals surface area (Å²) in [7, 11) is 0. The molecule has 146 valence electrons. The van der Waals surface area contributed by atoms with Gasteiger partial charge in [0.05, 0.1) is 0 Å². The van der Waals surface area contributed by atoms with Gasteiger partial charge in [0.25, 0.3) is 0 Å². The molecule has 0 saturated heterocycles. The second-order valence-corrected chi connectivity index (χ2v) is 13.4. The molecule has 0 amide bonds. The normalized spacial score (nSPS) is 12.8. The third-order valence-corrected chi connectivity index (χ3v) is 10.2. The van der Waals surface area contributed by atoms with Crippen molar-refractivity contribution in [1.82, 2.24) is 0 Å². The molecule has 0 aliphatic rings. The first-order valence-electron chi connectivity index (χ1n) is 9.70. The molecule has 0 aliphatic heterocycles. The summed E-state index contributed by atoms with van der Waals surface area (Å²) in [5.41, 5.74) is 1.51. The van der Waals surface area contributed by atoms with Crippen molar-refractivity contribution in [2.75, 3.05) is 0 Å². The molecule has 4 rings (SSSR count). The van der Waals surface area contributed by atoms with Crippen LogP contribution in [0.3, 0.4) is 0 Å². The summed E-state index contributed by atoms with van der Waals surface area (Å²) in [6.45, 7) is 6.73. The minimum atomic E-state index is -2.32. The fourth-order valence-corrected chi connectivity index (χ4v) is 8.44. The molecule has 1 atom stereocenters. The number of fused-ring (bicyclic) bond motifs is 1. The van der Waals surface area contributed by atoms with Gasteiger partial charge in [-0.3, -0.25) is 0 Å². The predicted octanol–water partition coefficient (Wildman–Crippen LogP) is 3.33. The number of rotatable bonds is 4. The Kier molecular flexibility index (Phi) is 5.85. The van der Waals surface area contributed by atoms with Crippen molar-refractivity contribution in [2.45, 2.75) is 26.2 Å². The minimum absolute atomic E-state index is 0.161. The molecule has 0 heterocycles. The maximum absolute atomic E-state index is 13.4. The molecule has 4 aromatic carbocycles. The predicted molar refractivity (Wildman–Crippen MR) is 126 cm³/mol. The molecule has 0 aromatic heterocycles. The molecule has 0 bridgehead atoms. The van der Waals surface area contributed by atoms with Gasteiger partial charge in [0.1, 0.15) is 0 Å². The molecule has 0 fully saturated rings. The van der Waals surface area contributed by atoms with Crippen LogP contribution in [0.5, 0.6) is 0 Å². The molecule has 0 radical (unpaired) electrons. The van der Waals surface area contributed by atoms with Gasteiger partial charge < -0.3 is 0 Å². The summed E-state index contributed by atoms with van der Waals surface area (Å²) in [4.78, 5) is 0. The van der Waals surface area contributed by atoms with E-state index in [1.54, 1.807) is 0 Å². The van der Waals surface area contributed by atoms with Crippen molar-refractivity contribution in [3.8, 4) is 0 Å². The van der Waals surface area contributed by atoms with Gasteiger partial charge in [-0.05, 0) is 0 Å². The van der Waals surface area contributed by atoms with Crippen molar-refractivity contribution < 1.29 is 3.83 Å². The molecule has 0 spiro atoms. The van der Waals surface area contributed by atoms with Crippen LogP contribution < -0.4 is 17.8 Å². The zero-order chi connectivity index (χ0) is 20.4. The van der Waals surface area contributed by atoms with Crippen LogP contribution in [0.1, 0.15) is 26.3 Å². The van der Waals surface area contributed by atoms with Gasteiger partial charge in [0, 0.05) is 0 Å². The Labute approximate surface area is 183 Å². The van der Waals surface area contributed by atoms with Crippen LogP contribution in [-0.2, 0) is 9.25 Å². The summed E-state index contributed by atoms with van der Waals surface area (Å²) < 4.78 is 18.0. The molecular weight excluding hydrogens is 486 g/mol. The molecule has 1 nitrogen and oxygen atoms in total. The van der Waals surface area contributed by atoms with Gasteiger partial charge in [-0.1, -0.05) is 0 Å². The summed E-state index contributed by atoms with van der Waals surface area (Å²) in [5, 5.41) is 2.35. The molecular formula is C26H24OSe2. The second-order valence-electron chi connectivity index (χ2n) is 8.07. The first-order chi connectivity index (χ1) is 13.9. The number of hydrogen-bond acceptors (Lipinski definition) is 1. The Hall–Kier alpha value is -2.02. The summed E-state index contributed by atoms with van der Waals surface area (Å²) in [5.74, 6) is 0. The van der Waals surface area contributed by atoms with E-state index in [0.717, 1.165) is 8.92 Å². The number of benzene rings is 4. The average Bonchev–Trinajstić information content (AvgIpc) is 2.73. The van der Waals surface area contributed by atoms with Crippen LogP contribution in [0, 0.1) is 0 Å². The zero-order valence-corrected chi connectivity index (χ0v) is 20.3. The van der Waals surface area contributed by atoms with E-state index in [4.69, 9.17) is 0 Å². The van der Waals surface area contributed by atoms with Crippen LogP contribution in [0.2, 0.25) is 0 Å². The molecule has 0 saturated carbocycles. The number of hydrogen-bond donors (Lipinski definition) is 0. The van der Waals surface area contributed by atoms with E-state index < -0.39 is 13.8 Å². The van der Waals surface area contributed by atoms with E-state index in [0.29, 0.717) is 0 Å². The molecule has 4 aromatic rings. The third-order valence-electron chi connectivity index (χ3n) is 4.93. The quantitative estimate of drug-likeness (QED) is 0.385. The van der Waals surface area contributed by atoms with Crippen molar-refractivity contribution in [3.05, 3.63) is 96.6 Å². The first kappa shape index (κ1) is 20.3. The summed E-state index contributed by atoms with van der Waals surface area (Å²) >= 11 is -2.15. The van der Waals surface area contributed by atoms with Crippen LogP contribution in [0.15, 0.2) is 91.0 Å². The summed E-state index contributed by atoms with van der Waals surface area (Å²) in [6.07, 6.45) is 0. The fourth-order valence-electron chi connectivity index (χ4n) is 3.33.